The van der Waals surface area contributed by atoms with Crippen LogP contribution in [-0.2, 0) is 20.7 Å². The molecule has 0 saturated heterocycles. The second kappa shape index (κ2) is 14.2. The average molecular weight is 572 g/mol. The predicted molar refractivity (Wildman–Crippen MR) is 168 cm³/mol. The van der Waals surface area contributed by atoms with E-state index >= 15 is 0 Å². The van der Waals surface area contributed by atoms with Crippen LogP contribution in [0, 0.1) is 20.8 Å². The third kappa shape index (κ3) is 8.68. The van der Waals surface area contributed by atoms with Crippen molar-refractivity contribution in [1.29, 1.82) is 0 Å². The Labute approximate surface area is 250 Å². The van der Waals surface area contributed by atoms with Crippen LogP contribution in [-0.4, -0.2) is 40.5 Å². The van der Waals surface area contributed by atoms with Crippen LogP contribution in [0.4, 0.5) is 10.5 Å². The lowest BCUT2D eigenvalue weighted by Crippen LogP contribution is -2.55. The number of carbonyl (C=O) groups is 3. The lowest BCUT2D eigenvalue weighted by atomic mass is 9.97. The molecule has 3 rings (SSSR count). The quantitative estimate of drug-likeness (QED) is 0.273. The number of para-hydroxylation sites is 1. The summed E-state index contributed by atoms with van der Waals surface area (Å²) in [5.41, 5.74) is 4.46. The van der Waals surface area contributed by atoms with Crippen molar-refractivity contribution in [1.82, 2.24) is 10.2 Å². The Balaban J connectivity index is 2.10. The molecule has 42 heavy (non-hydrogen) atoms. The number of nitrogens with zero attached hydrogens (tertiary/aromatic N) is 1. The minimum absolute atomic E-state index is 0.241. The van der Waals surface area contributed by atoms with Gasteiger partial charge in [-0.05, 0) is 77.1 Å². The number of rotatable bonds is 10. The van der Waals surface area contributed by atoms with E-state index in [9.17, 15) is 14.4 Å². The van der Waals surface area contributed by atoms with Crippen LogP contribution in [0.1, 0.15) is 74.9 Å². The van der Waals surface area contributed by atoms with Crippen LogP contribution >= 0.6 is 0 Å². The van der Waals surface area contributed by atoms with Gasteiger partial charge in [-0.15, -0.1) is 0 Å². The number of hydrogen-bond acceptors (Lipinski definition) is 4. The molecular formula is C35H45N3O4. The zero-order valence-electron chi connectivity index (χ0n) is 26.2. The van der Waals surface area contributed by atoms with Crippen molar-refractivity contribution in [2.45, 2.75) is 92.0 Å². The highest BCUT2D eigenvalue weighted by atomic mass is 16.6. The molecule has 3 amide bonds. The summed E-state index contributed by atoms with van der Waals surface area (Å²) in [5, 5.41) is 5.94. The molecule has 3 atom stereocenters. The van der Waals surface area contributed by atoms with Gasteiger partial charge in [0.2, 0.25) is 5.91 Å². The number of anilines is 1. The Morgan fingerprint density at radius 1 is 0.857 bits per heavy atom. The van der Waals surface area contributed by atoms with Crippen molar-refractivity contribution >= 4 is 23.6 Å². The highest BCUT2D eigenvalue weighted by molar-refractivity contribution is 6.00. The van der Waals surface area contributed by atoms with Crippen LogP contribution < -0.4 is 10.6 Å². The van der Waals surface area contributed by atoms with Gasteiger partial charge in [-0.1, -0.05) is 85.3 Å². The molecule has 0 saturated carbocycles. The maximum atomic E-state index is 14.6. The number of hydrogen-bond donors (Lipinski definition) is 2. The fourth-order valence-corrected chi connectivity index (χ4v) is 4.87. The fraction of sp³-hybridized carbons (Fsp3) is 0.400. The maximum absolute atomic E-state index is 14.6. The monoisotopic (exact) mass is 571 g/mol. The zero-order chi connectivity index (χ0) is 31.0. The summed E-state index contributed by atoms with van der Waals surface area (Å²) in [6.45, 7) is 15.1. The Bertz CT molecular complexity index is 1340. The minimum atomic E-state index is -0.961. The zero-order valence-corrected chi connectivity index (χ0v) is 26.2. The molecule has 224 valence electrons. The van der Waals surface area contributed by atoms with Gasteiger partial charge in [-0.3, -0.25) is 9.59 Å². The smallest absolute Gasteiger partial charge is 0.408 e. The molecule has 7 heteroatoms. The van der Waals surface area contributed by atoms with Crippen molar-refractivity contribution in [3.05, 3.63) is 101 Å². The van der Waals surface area contributed by atoms with E-state index < -0.39 is 23.8 Å². The van der Waals surface area contributed by atoms with E-state index in [2.05, 4.69) is 10.6 Å². The molecule has 0 aliphatic rings. The summed E-state index contributed by atoms with van der Waals surface area (Å²) in [6, 6.07) is 20.8. The third-order valence-corrected chi connectivity index (χ3v) is 7.24. The first kappa shape index (κ1) is 32.4. The van der Waals surface area contributed by atoms with Crippen LogP contribution in [0.25, 0.3) is 0 Å². The normalized spacial score (nSPS) is 13.4. The van der Waals surface area contributed by atoms with Gasteiger partial charge in [0.1, 0.15) is 17.7 Å². The Hall–Kier alpha value is -4.13. The summed E-state index contributed by atoms with van der Waals surface area (Å²) < 4.78 is 5.53. The number of benzene rings is 3. The first-order chi connectivity index (χ1) is 19.8. The molecule has 0 aromatic heterocycles. The molecule has 7 nitrogen and oxygen atoms in total. The van der Waals surface area contributed by atoms with Gasteiger partial charge in [0.25, 0.3) is 5.91 Å². The van der Waals surface area contributed by atoms with Crippen LogP contribution in [0.15, 0.2) is 72.8 Å². The van der Waals surface area contributed by atoms with Crippen LogP contribution in [0.5, 0.6) is 0 Å². The van der Waals surface area contributed by atoms with Crippen LogP contribution in [0.2, 0.25) is 0 Å². The van der Waals surface area contributed by atoms with Gasteiger partial charge in [0.05, 0.1) is 0 Å². The summed E-state index contributed by atoms with van der Waals surface area (Å²) in [7, 11) is 0. The first-order valence-electron chi connectivity index (χ1n) is 14.6. The van der Waals surface area contributed by atoms with Gasteiger partial charge < -0.3 is 20.3 Å². The van der Waals surface area contributed by atoms with E-state index in [4.69, 9.17) is 4.74 Å². The van der Waals surface area contributed by atoms with E-state index in [1.807, 2.05) is 107 Å². The number of ether oxygens (including phenoxy) is 1. The average Bonchev–Trinajstić information content (AvgIpc) is 2.92. The number of alkyl carbamates (subject to hydrolysis) is 1. The predicted octanol–water partition coefficient (Wildman–Crippen LogP) is 7.05. The summed E-state index contributed by atoms with van der Waals surface area (Å²) in [4.78, 5) is 43.4. The molecule has 0 radical (unpaired) electrons. The van der Waals surface area contributed by atoms with E-state index in [0.29, 0.717) is 12.0 Å². The minimum Gasteiger partial charge on any atom is -0.444 e. The fourth-order valence-electron chi connectivity index (χ4n) is 4.87. The first-order valence-corrected chi connectivity index (χ1v) is 14.6. The number of nitrogens with one attached hydrogen (secondary N) is 2. The van der Waals surface area contributed by atoms with Gasteiger partial charge in [-0.2, -0.15) is 0 Å². The summed E-state index contributed by atoms with van der Waals surface area (Å²) >= 11 is 0. The largest absolute Gasteiger partial charge is 0.444 e. The van der Waals surface area contributed by atoms with E-state index in [1.54, 1.807) is 25.7 Å². The molecule has 3 unspecified atom stereocenters. The van der Waals surface area contributed by atoms with Crippen molar-refractivity contribution in [3.63, 3.8) is 0 Å². The van der Waals surface area contributed by atoms with Gasteiger partial charge in [-0.25, -0.2) is 4.79 Å². The number of aryl methyl sites for hydroxylation is 3. The standard InChI is InChI=1S/C35H45N3O4/c1-9-26(5)38(33(40)29(22-27-16-11-10-12-17-27)36-34(41)42-35(6,7)8)31(28-20-18-23(2)19-21-28)32(39)37-30-24(3)14-13-15-25(30)4/h10-21,26,29,31H,9,22H2,1-8H3,(H,36,41)(H,37,39). The molecule has 0 heterocycles. The molecular weight excluding hydrogens is 526 g/mol. The Morgan fingerprint density at radius 3 is 2.00 bits per heavy atom. The van der Waals surface area contributed by atoms with Crippen molar-refractivity contribution < 1.29 is 19.1 Å². The maximum Gasteiger partial charge on any atom is 0.408 e. The molecule has 2 N–H and O–H groups in total. The van der Waals surface area contributed by atoms with Crippen molar-refractivity contribution in [3.8, 4) is 0 Å². The lowest BCUT2D eigenvalue weighted by molar-refractivity contribution is -0.143. The van der Waals surface area contributed by atoms with Crippen LogP contribution in [0.3, 0.4) is 0 Å². The summed E-state index contributed by atoms with van der Waals surface area (Å²) in [6.07, 6.45) is 0.160. The van der Waals surface area contributed by atoms with Gasteiger partial charge >= 0.3 is 6.09 Å². The third-order valence-electron chi connectivity index (χ3n) is 7.24. The SMILES string of the molecule is CCC(C)N(C(=O)C(Cc1ccccc1)NC(=O)OC(C)(C)C)C(C(=O)Nc1c(C)cccc1C)c1ccc(C)cc1. The number of amides is 3. The van der Waals surface area contributed by atoms with Crippen molar-refractivity contribution in [2.75, 3.05) is 5.32 Å². The highest BCUT2D eigenvalue weighted by Gasteiger charge is 2.39. The highest BCUT2D eigenvalue weighted by Crippen LogP contribution is 2.30. The molecule has 0 bridgehead atoms. The van der Waals surface area contributed by atoms with Gasteiger partial charge in [0, 0.05) is 18.2 Å². The molecule has 3 aromatic rings. The molecule has 0 aliphatic carbocycles. The molecule has 0 aliphatic heterocycles. The molecule has 3 aromatic carbocycles. The van der Waals surface area contributed by atoms with E-state index in [0.717, 1.165) is 27.9 Å². The molecule has 0 spiro atoms. The second-order valence-electron chi connectivity index (χ2n) is 12.0. The van der Waals surface area contributed by atoms with Gasteiger partial charge in [0.15, 0.2) is 0 Å². The Morgan fingerprint density at radius 2 is 1.45 bits per heavy atom. The molecule has 0 fully saturated rings. The second-order valence-corrected chi connectivity index (χ2v) is 12.0. The number of carbonyl (C=O) groups excluding carboxylic acids is 3. The van der Waals surface area contributed by atoms with E-state index in [1.165, 1.54) is 0 Å². The van der Waals surface area contributed by atoms with E-state index in [-0.39, 0.29) is 24.3 Å². The lowest BCUT2D eigenvalue weighted by Gasteiger charge is -2.38. The van der Waals surface area contributed by atoms with Crippen molar-refractivity contribution in [2.24, 2.45) is 0 Å². The topological polar surface area (TPSA) is 87.7 Å². The summed E-state index contributed by atoms with van der Waals surface area (Å²) in [5.74, 6) is -0.679. The Kier molecular flexibility index (Phi) is 10.9.